The lowest BCUT2D eigenvalue weighted by Gasteiger charge is -2.44. The van der Waals surface area contributed by atoms with E-state index in [1.165, 1.54) is 26.2 Å². The highest BCUT2D eigenvalue weighted by Gasteiger charge is 2.56. The Morgan fingerprint density at radius 1 is 0.898 bits per heavy atom. The zero-order valence-electron chi connectivity index (χ0n) is 27.9. The molecule has 4 aromatic rings. The van der Waals surface area contributed by atoms with Crippen molar-refractivity contribution in [2.24, 2.45) is 11.8 Å². The van der Waals surface area contributed by atoms with Gasteiger partial charge in [-0.25, -0.2) is 4.39 Å². The zero-order valence-corrected chi connectivity index (χ0v) is 28.6. The number of ether oxygens (including phenoxy) is 2. The molecule has 0 saturated heterocycles. The van der Waals surface area contributed by atoms with Gasteiger partial charge in [-0.3, -0.25) is 14.4 Å². The molecule has 0 heterocycles. The highest BCUT2D eigenvalue weighted by molar-refractivity contribution is 6.31. The molecule has 4 aromatic carbocycles. The van der Waals surface area contributed by atoms with Crippen molar-refractivity contribution in [3.63, 3.8) is 0 Å². The Labute approximate surface area is 290 Å². The first-order valence-electron chi connectivity index (χ1n) is 16.2. The smallest absolute Gasteiger partial charge is 0.235 e. The highest BCUT2D eigenvalue weighted by Crippen LogP contribution is 2.48. The van der Waals surface area contributed by atoms with Crippen molar-refractivity contribution in [3.8, 4) is 11.5 Å². The number of rotatable bonds is 11. The number of carbonyl (C=O) groups excluding carboxylic acids is 3. The summed E-state index contributed by atoms with van der Waals surface area (Å²) in [7, 11) is 1.42. The van der Waals surface area contributed by atoms with E-state index in [0.29, 0.717) is 29.8 Å². The number of anilines is 2. The number of carbonyl (C=O) groups is 3. The molecule has 5 rings (SSSR count). The van der Waals surface area contributed by atoms with Crippen LogP contribution in [0.15, 0.2) is 84.9 Å². The second-order valence-electron chi connectivity index (χ2n) is 12.4. The predicted octanol–water partition coefficient (Wildman–Crippen LogP) is 7.51. The normalized spacial score (nSPS) is 20.4. The molecule has 8 nitrogen and oxygen atoms in total. The first kappa shape index (κ1) is 35.6. The van der Waals surface area contributed by atoms with Crippen molar-refractivity contribution < 1.29 is 33.4 Å². The van der Waals surface area contributed by atoms with Gasteiger partial charge in [0.15, 0.2) is 11.5 Å². The van der Waals surface area contributed by atoms with E-state index in [1.807, 2.05) is 38.1 Å². The van der Waals surface area contributed by atoms with Crippen molar-refractivity contribution >= 4 is 40.6 Å². The number of methoxy groups -OCH3 is 1. The summed E-state index contributed by atoms with van der Waals surface area (Å²) in [4.78, 5) is 42.4. The number of ketones is 1. The lowest BCUT2D eigenvalue weighted by atomic mass is 9.61. The third-order valence-corrected chi connectivity index (χ3v) is 9.50. The maximum Gasteiger partial charge on any atom is 0.235 e. The average Bonchev–Trinajstić information content (AvgIpc) is 3.07. The van der Waals surface area contributed by atoms with E-state index in [1.54, 1.807) is 48.5 Å². The summed E-state index contributed by atoms with van der Waals surface area (Å²) in [5, 5.41) is 17.9. The van der Waals surface area contributed by atoms with Crippen LogP contribution in [0.2, 0.25) is 5.02 Å². The fourth-order valence-electron chi connectivity index (χ4n) is 6.64. The third-order valence-electron chi connectivity index (χ3n) is 9.15. The molecular formula is C39H40ClFN2O6. The van der Waals surface area contributed by atoms with Crippen LogP contribution in [-0.4, -0.2) is 35.4 Å². The number of para-hydroxylation sites is 2. The molecule has 0 radical (unpaired) electrons. The summed E-state index contributed by atoms with van der Waals surface area (Å²) in [5.74, 6) is -5.38. The number of aryl methyl sites for hydroxylation is 2. The van der Waals surface area contributed by atoms with E-state index in [9.17, 15) is 23.9 Å². The van der Waals surface area contributed by atoms with Crippen molar-refractivity contribution in [2.75, 3.05) is 17.7 Å². The number of aliphatic hydroxyl groups is 1. The quantitative estimate of drug-likeness (QED) is 0.141. The maximum absolute atomic E-state index is 14.5. The summed E-state index contributed by atoms with van der Waals surface area (Å²) in [6.07, 6.45) is 0.885. The molecule has 3 N–H and O–H groups in total. The van der Waals surface area contributed by atoms with E-state index in [2.05, 4.69) is 10.6 Å². The van der Waals surface area contributed by atoms with Crippen LogP contribution in [0.4, 0.5) is 15.8 Å². The van der Waals surface area contributed by atoms with Crippen LogP contribution in [0.5, 0.6) is 11.5 Å². The monoisotopic (exact) mass is 686 g/mol. The second-order valence-corrected chi connectivity index (χ2v) is 12.8. The Hall–Kier alpha value is -4.73. The number of benzene rings is 4. The molecule has 10 heteroatoms. The van der Waals surface area contributed by atoms with Gasteiger partial charge in [0.2, 0.25) is 11.8 Å². The van der Waals surface area contributed by atoms with Gasteiger partial charge in [0.1, 0.15) is 24.1 Å². The van der Waals surface area contributed by atoms with Crippen molar-refractivity contribution in [1.29, 1.82) is 0 Å². The van der Waals surface area contributed by atoms with Gasteiger partial charge in [-0.2, -0.15) is 0 Å². The number of amides is 2. The first-order valence-corrected chi connectivity index (χ1v) is 16.6. The van der Waals surface area contributed by atoms with E-state index in [4.69, 9.17) is 21.1 Å². The van der Waals surface area contributed by atoms with Crippen LogP contribution in [0, 0.1) is 17.7 Å². The summed E-state index contributed by atoms with van der Waals surface area (Å²) in [5.41, 5.74) is 1.66. The van der Waals surface area contributed by atoms with Crippen LogP contribution >= 0.6 is 11.6 Å². The van der Waals surface area contributed by atoms with Gasteiger partial charge in [-0.1, -0.05) is 74.0 Å². The highest BCUT2D eigenvalue weighted by atomic mass is 35.5. The minimum Gasteiger partial charge on any atom is -0.493 e. The van der Waals surface area contributed by atoms with Crippen molar-refractivity contribution in [1.82, 2.24) is 0 Å². The topological polar surface area (TPSA) is 114 Å². The van der Waals surface area contributed by atoms with Gasteiger partial charge in [-0.05, 0) is 72.9 Å². The Morgan fingerprint density at radius 3 is 2.10 bits per heavy atom. The minimum atomic E-state index is -1.81. The van der Waals surface area contributed by atoms with Gasteiger partial charge in [0, 0.05) is 29.3 Å². The van der Waals surface area contributed by atoms with Crippen molar-refractivity contribution in [2.45, 2.75) is 58.2 Å². The van der Waals surface area contributed by atoms with Crippen LogP contribution in [0.1, 0.15) is 55.4 Å². The number of Topliss-reactive ketones (excluding diaryl/α,β-unsaturated/α-hetero) is 1. The molecule has 0 spiro atoms. The molecule has 1 aliphatic carbocycles. The fourth-order valence-corrected chi connectivity index (χ4v) is 6.86. The molecule has 4 unspecified atom stereocenters. The average molecular weight is 687 g/mol. The third kappa shape index (κ3) is 7.63. The van der Waals surface area contributed by atoms with Crippen LogP contribution in [0.3, 0.4) is 0 Å². The van der Waals surface area contributed by atoms with Crippen LogP contribution < -0.4 is 20.1 Å². The van der Waals surface area contributed by atoms with Gasteiger partial charge in [0.05, 0.1) is 23.7 Å². The SMILES string of the molecule is CCc1ccccc1NC(=O)C1C(=O)CC(C)(O)C(C(=O)Nc2ccccc2CC)C1c1ccc(OCc2c(F)cccc2Cl)c(OC)c1. The minimum absolute atomic E-state index is 0.164. The summed E-state index contributed by atoms with van der Waals surface area (Å²) in [6, 6.07) is 23.8. The Bertz CT molecular complexity index is 1840. The first-order chi connectivity index (χ1) is 23.5. The second kappa shape index (κ2) is 15.2. The van der Waals surface area contributed by atoms with Crippen LogP contribution in [0.25, 0.3) is 0 Å². The number of halogens is 2. The molecule has 0 bridgehead atoms. The largest absolute Gasteiger partial charge is 0.493 e. The Kier molecular flexibility index (Phi) is 11.1. The predicted molar refractivity (Wildman–Crippen MR) is 188 cm³/mol. The van der Waals surface area contributed by atoms with Gasteiger partial charge in [0.25, 0.3) is 0 Å². The maximum atomic E-state index is 14.5. The molecule has 1 saturated carbocycles. The Balaban J connectivity index is 1.58. The molecule has 0 aliphatic heterocycles. The summed E-state index contributed by atoms with van der Waals surface area (Å²) >= 11 is 6.20. The number of hydrogen-bond donors (Lipinski definition) is 3. The fraction of sp³-hybridized carbons (Fsp3) is 0.308. The summed E-state index contributed by atoms with van der Waals surface area (Å²) in [6.45, 7) is 5.18. The molecule has 49 heavy (non-hydrogen) atoms. The lowest BCUT2D eigenvalue weighted by molar-refractivity contribution is -0.150. The standard InChI is InChI=1S/C39H40ClFN2O6/c1-5-23-12-7-9-16-29(23)42-37(45)35-31(44)21-39(3,47)36(38(46)43-30-17-10-8-13-24(30)6-2)34(35)25-18-19-32(33(20-25)48-4)49-22-26-27(40)14-11-15-28(26)41/h7-20,34-36,47H,5-6,21-22H2,1-4H3,(H,42,45)(H,43,46). The number of nitrogens with one attached hydrogen (secondary N) is 2. The van der Waals surface area contributed by atoms with Gasteiger partial charge in [-0.15, -0.1) is 0 Å². The van der Waals surface area contributed by atoms with E-state index < -0.39 is 53.2 Å². The zero-order chi connectivity index (χ0) is 35.3. The van der Waals surface area contributed by atoms with E-state index in [0.717, 1.165) is 11.1 Å². The molecule has 2 amide bonds. The Morgan fingerprint density at radius 2 is 1.51 bits per heavy atom. The van der Waals surface area contributed by atoms with E-state index >= 15 is 0 Å². The summed E-state index contributed by atoms with van der Waals surface area (Å²) < 4.78 is 26.0. The van der Waals surface area contributed by atoms with Gasteiger partial charge < -0.3 is 25.2 Å². The molecule has 4 atom stereocenters. The molecule has 1 fully saturated rings. The van der Waals surface area contributed by atoms with Crippen LogP contribution in [-0.2, 0) is 33.8 Å². The van der Waals surface area contributed by atoms with Crippen molar-refractivity contribution in [3.05, 3.63) is 118 Å². The molecule has 0 aromatic heterocycles. The molecule has 256 valence electrons. The molecular weight excluding hydrogens is 647 g/mol. The number of hydrogen-bond acceptors (Lipinski definition) is 6. The molecule has 1 aliphatic rings. The van der Waals surface area contributed by atoms with Gasteiger partial charge >= 0.3 is 0 Å². The van der Waals surface area contributed by atoms with E-state index in [-0.39, 0.29) is 28.7 Å². The lowest BCUT2D eigenvalue weighted by Crippen LogP contribution is -2.56.